The lowest BCUT2D eigenvalue weighted by Gasteiger charge is -2.21. The zero-order chi connectivity index (χ0) is 22.7. The number of amides is 1. The first-order chi connectivity index (χ1) is 15.4. The molecule has 1 heterocycles. The zero-order valence-corrected chi connectivity index (χ0v) is 18.7. The number of fused-ring (bicyclic) bond motifs is 1. The number of nitrogens with one attached hydrogen (secondary N) is 1. The zero-order valence-electron chi connectivity index (χ0n) is 18.7. The molecule has 5 heteroatoms. The van der Waals surface area contributed by atoms with Crippen LogP contribution in [-0.2, 0) is 4.79 Å². The SMILES string of the molecule is COc1ccc2nc(C)cc(OC(C(=O)Nc3cc(C)cc(C)c3)c3ccccc3)c2c1. The van der Waals surface area contributed by atoms with Gasteiger partial charge in [0.2, 0.25) is 6.10 Å². The predicted octanol–water partition coefficient (Wildman–Crippen LogP) is 5.93. The molecule has 32 heavy (non-hydrogen) atoms. The van der Waals surface area contributed by atoms with Crippen molar-refractivity contribution in [3.8, 4) is 11.5 Å². The van der Waals surface area contributed by atoms with Crippen LogP contribution in [0.4, 0.5) is 5.69 Å². The van der Waals surface area contributed by atoms with Crippen LogP contribution >= 0.6 is 0 Å². The van der Waals surface area contributed by atoms with Crippen molar-refractivity contribution in [2.24, 2.45) is 0 Å². The number of anilines is 1. The van der Waals surface area contributed by atoms with Crippen molar-refractivity contribution in [2.45, 2.75) is 26.9 Å². The highest BCUT2D eigenvalue weighted by Gasteiger charge is 2.24. The minimum Gasteiger partial charge on any atom is -0.497 e. The van der Waals surface area contributed by atoms with Gasteiger partial charge in [-0.2, -0.15) is 0 Å². The van der Waals surface area contributed by atoms with Crippen LogP contribution in [0.25, 0.3) is 10.9 Å². The number of pyridine rings is 1. The van der Waals surface area contributed by atoms with Crippen LogP contribution in [0.1, 0.15) is 28.5 Å². The number of rotatable bonds is 6. The molecule has 0 saturated carbocycles. The van der Waals surface area contributed by atoms with Gasteiger partial charge in [0.1, 0.15) is 11.5 Å². The molecule has 1 atom stereocenters. The van der Waals surface area contributed by atoms with E-state index >= 15 is 0 Å². The smallest absolute Gasteiger partial charge is 0.270 e. The predicted molar refractivity (Wildman–Crippen MR) is 127 cm³/mol. The number of aromatic nitrogens is 1. The van der Waals surface area contributed by atoms with Gasteiger partial charge in [-0.1, -0.05) is 36.4 Å². The largest absolute Gasteiger partial charge is 0.497 e. The van der Waals surface area contributed by atoms with E-state index in [4.69, 9.17) is 9.47 Å². The van der Waals surface area contributed by atoms with Crippen LogP contribution in [0.2, 0.25) is 0 Å². The highest BCUT2D eigenvalue weighted by Crippen LogP contribution is 2.33. The molecular weight excluding hydrogens is 400 g/mol. The Morgan fingerprint density at radius 1 is 0.906 bits per heavy atom. The average Bonchev–Trinajstić information content (AvgIpc) is 2.76. The summed E-state index contributed by atoms with van der Waals surface area (Å²) < 4.78 is 11.8. The summed E-state index contributed by atoms with van der Waals surface area (Å²) in [6.45, 7) is 5.92. The van der Waals surface area contributed by atoms with Gasteiger partial charge in [0, 0.05) is 28.4 Å². The summed E-state index contributed by atoms with van der Waals surface area (Å²) in [6, 6.07) is 22.9. The Hall–Kier alpha value is -3.86. The van der Waals surface area contributed by atoms with Gasteiger partial charge in [-0.3, -0.25) is 9.78 Å². The van der Waals surface area contributed by atoms with Crippen molar-refractivity contribution in [1.82, 2.24) is 4.98 Å². The molecule has 4 rings (SSSR count). The lowest BCUT2D eigenvalue weighted by Crippen LogP contribution is -2.26. The van der Waals surface area contributed by atoms with E-state index in [-0.39, 0.29) is 5.91 Å². The summed E-state index contributed by atoms with van der Waals surface area (Å²) in [4.78, 5) is 18.0. The van der Waals surface area contributed by atoms with Crippen molar-refractivity contribution in [3.05, 3.63) is 95.2 Å². The molecule has 1 N–H and O–H groups in total. The molecule has 0 radical (unpaired) electrons. The number of carbonyl (C=O) groups is 1. The van der Waals surface area contributed by atoms with Crippen LogP contribution in [0, 0.1) is 20.8 Å². The average molecular weight is 427 g/mol. The van der Waals surface area contributed by atoms with E-state index in [1.54, 1.807) is 7.11 Å². The molecule has 3 aromatic carbocycles. The molecule has 0 aliphatic heterocycles. The van der Waals surface area contributed by atoms with Gasteiger partial charge in [-0.15, -0.1) is 0 Å². The van der Waals surface area contributed by atoms with Gasteiger partial charge in [0.15, 0.2) is 0 Å². The highest BCUT2D eigenvalue weighted by atomic mass is 16.5. The third-order valence-electron chi connectivity index (χ3n) is 5.18. The standard InChI is InChI=1S/C27H26N2O3/c1-17-12-18(2)14-21(13-17)29-27(30)26(20-8-6-5-7-9-20)32-25-15-19(3)28-24-11-10-22(31-4)16-23(24)25/h5-16,26H,1-4H3,(H,29,30). The van der Waals surface area contributed by atoms with E-state index in [1.165, 1.54) is 0 Å². The monoisotopic (exact) mass is 426 g/mol. The minimum absolute atomic E-state index is 0.244. The molecule has 162 valence electrons. The summed E-state index contributed by atoms with van der Waals surface area (Å²) in [7, 11) is 1.62. The topological polar surface area (TPSA) is 60.5 Å². The fraction of sp³-hybridized carbons (Fsp3) is 0.185. The van der Waals surface area contributed by atoms with Gasteiger partial charge in [0.25, 0.3) is 5.91 Å². The van der Waals surface area contributed by atoms with E-state index < -0.39 is 6.10 Å². The van der Waals surface area contributed by atoms with Crippen molar-refractivity contribution >= 4 is 22.5 Å². The molecule has 0 aliphatic carbocycles. The normalized spacial score (nSPS) is 11.8. The molecule has 1 aromatic heterocycles. The number of benzene rings is 3. The Kier molecular flexibility index (Phi) is 6.08. The minimum atomic E-state index is -0.840. The van der Waals surface area contributed by atoms with E-state index in [1.807, 2.05) is 87.5 Å². The molecular formula is C27H26N2O3. The van der Waals surface area contributed by atoms with Crippen LogP contribution < -0.4 is 14.8 Å². The molecule has 4 aromatic rings. The molecule has 5 nitrogen and oxygen atoms in total. The first kappa shape index (κ1) is 21.4. The second-order valence-corrected chi connectivity index (χ2v) is 7.92. The van der Waals surface area contributed by atoms with Crippen LogP contribution in [-0.4, -0.2) is 18.0 Å². The molecule has 0 spiro atoms. The quantitative estimate of drug-likeness (QED) is 0.415. The maximum absolute atomic E-state index is 13.4. The lowest BCUT2D eigenvalue weighted by molar-refractivity contribution is -0.123. The molecule has 0 bridgehead atoms. The molecule has 1 amide bonds. The van der Waals surface area contributed by atoms with Gasteiger partial charge in [0.05, 0.1) is 12.6 Å². The number of nitrogens with zero attached hydrogens (tertiary/aromatic N) is 1. The van der Waals surface area contributed by atoms with E-state index in [9.17, 15) is 4.79 Å². The fourth-order valence-corrected chi connectivity index (χ4v) is 3.81. The Labute approximate surface area is 188 Å². The third kappa shape index (κ3) is 4.72. The summed E-state index contributed by atoms with van der Waals surface area (Å²) >= 11 is 0. The molecule has 0 aliphatic rings. The van der Waals surface area contributed by atoms with Crippen molar-refractivity contribution in [2.75, 3.05) is 12.4 Å². The number of hydrogen-bond acceptors (Lipinski definition) is 4. The van der Waals surface area contributed by atoms with Crippen LogP contribution in [0.15, 0.2) is 72.8 Å². The lowest BCUT2D eigenvalue weighted by atomic mass is 10.1. The maximum atomic E-state index is 13.4. The first-order valence-electron chi connectivity index (χ1n) is 10.5. The summed E-state index contributed by atoms with van der Waals surface area (Å²) in [5.41, 5.74) is 5.26. The fourth-order valence-electron chi connectivity index (χ4n) is 3.81. The summed E-state index contributed by atoms with van der Waals surface area (Å²) in [5.74, 6) is 1.03. The number of methoxy groups -OCH3 is 1. The molecule has 0 saturated heterocycles. The summed E-state index contributed by atoms with van der Waals surface area (Å²) in [6.07, 6.45) is -0.840. The molecule has 1 unspecified atom stereocenters. The first-order valence-corrected chi connectivity index (χ1v) is 10.5. The number of hydrogen-bond donors (Lipinski definition) is 1. The summed E-state index contributed by atoms with van der Waals surface area (Å²) in [5, 5.41) is 3.81. The second kappa shape index (κ2) is 9.10. The van der Waals surface area contributed by atoms with Gasteiger partial charge >= 0.3 is 0 Å². The maximum Gasteiger partial charge on any atom is 0.270 e. The van der Waals surface area contributed by atoms with Crippen LogP contribution in [0.5, 0.6) is 11.5 Å². The molecule has 0 fully saturated rings. The van der Waals surface area contributed by atoms with Crippen molar-refractivity contribution in [3.63, 3.8) is 0 Å². The van der Waals surface area contributed by atoms with E-state index in [0.29, 0.717) is 11.5 Å². The Bertz CT molecular complexity index is 1250. The Morgan fingerprint density at radius 3 is 2.31 bits per heavy atom. The van der Waals surface area contributed by atoms with E-state index in [0.717, 1.165) is 39.0 Å². The van der Waals surface area contributed by atoms with Gasteiger partial charge in [-0.05, 0) is 62.2 Å². The second-order valence-electron chi connectivity index (χ2n) is 7.92. The van der Waals surface area contributed by atoms with Crippen molar-refractivity contribution < 1.29 is 14.3 Å². The number of aryl methyl sites for hydroxylation is 3. The number of carbonyl (C=O) groups excluding carboxylic acids is 1. The third-order valence-corrected chi connectivity index (χ3v) is 5.18. The van der Waals surface area contributed by atoms with E-state index in [2.05, 4.69) is 16.4 Å². The highest BCUT2D eigenvalue weighted by molar-refractivity contribution is 5.96. The van der Waals surface area contributed by atoms with Gasteiger partial charge in [-0.25, -0.2) is 0 Å². The Morgan fingerprint density at radius 2 is 1.62 bits per heavy atom. The van der Waals surface area contributed by atoms with Crippen LogP contribution in [0.3, 0.4) is 0 Å². The van der Waals surface area contributed by atoms with Gasteiger partial charge < -0.3 is 14.8 Å². The van der Waals surface area contributed by atoms with Crippen molar-refractivity contribution in [1.29, 1.82) is 0 Å². The Balaban J connectivity index is 1.74. The number of ether oxygens (including phenoxy) is 2.